The van der Waals surface area contributed by atoms with Gasteiger partial charge in [-0.05, 0) is 0 Å². The number of hydrogen-bond donors (Lipinski definition) is 0. The van der Waals surface area contributed by atoms with E-state index in [1.165, 1.54) is 6.07 Å². The molecule has 0 unspecified atom stereocenters. The zero-order chi connectivity index (χ0) is 14.6. The molecule has 1 aromatic heterocycles. The summed E-state index contributed by atoms with van der Waals surface area (Å²) in [4.78, 5) is 13.1. The second-order valence-corrected chi connectivity index (χ2v) is 3.10. The Labute approximate surface area is 104 Å². The summed E-state index contributed by atoms with van der Waals surface area (Å²) < 4.78 is 45.0. The van der Waals surface area contributed by atoms with Crippen LogP contribution in [-0.2, 0) is 6.42 Å². The van der Waals surface area contributed by atoms with E-state index in [9.17, 15) is 23.3 Å². The topological polar surface area (TPSA) is 98.3 Å². The van der Waals surface area contributed by atoms with Gasteiger partial charge in [0.05, 0.1) is 30.1 Å². The van der Waals surface area contributed by atoms with E-state index in [2.05, 4.69) is 14.5 Å². The highest BCUT2D eigenvalue weighted by molar-refractivity contribution is 5.54. The number of nitrogens with zero attached hydrogens (tertiary/aromatic N) is 3. The summed E-state index contributed by atoms with van der Waals surface area (Å²) in [7, 11) is 1.02. The standard InChI is InChI=1S/C9H6F3N3O4/c1-18-8-7(19-9(10,11)12)5(2-3-13)6(4-14-8)15(16)17/h4H,2H2,1H3. The van der Waals surface area contributed by atoms with Crippen LogP contribution in [0.3, 0.4) is 0 Å². The molecule has 10 heteroatoms. The van der Waals surface area contributed by atoms with Crippen LogP contribution in [0.15, 0.2) is 6.20 Å². The predicted octanol–water partition coefficient (Wildman–Crippen LogP) is 1.96. The van der Waals surface area contributed by atoms with Gasteiger partial charge in [0.1, 0.15) is 6.20 Å². The minimum Gasteiger partial charge on any atom is -0.478 e. The summed E-state index contributed by atoms with van der Waals surface area (Å²) >= 11 is 0. The Kier molecular flexibility index (Phi) is 4.11. The summed E-state index contributed by atoms with van der Waals surface area (Å²) in [5, 5.41) is 19.2. The number of pyridine rings is 1. The minimum absolute atomic E-state index is 0.545. The molecule has 0 fully saturated rings. The Morgan fingerprint density at radius 2 is 2.21 bits per heavy atom. The molecule has 0 radical (unpaired) electrons. The summed E-state index contributed by atoms with van der Waals surface area (Å²) in [6.45, 7) is 0. The van der Waals surface area contributed by atoms with E-state index in [1.54, 1.807) is 0 Å². The van der Waals surface area contributed by atoms with Gasteiger partial charge in [-0.1, -0.05) is 0 Å². The number of ether oxygens (including phenoxy) is 2. The number of aromatic nitrogens is 1. The molecule has 1 heterocycles. The van der Waals surface area contributed by atoms with Gasteiger partial charge < -0.3 is 9.47 Å². The predicted molar refractivity (Wildman–Crippen MR) is 53.4 cm³/mol. The monoisotopic (exact) mass is 277 g/mol. The van der Waals surface area contributed by atoms with Crippen LogP contribution in [-0.4, -0.2) is 23.4 Å². The van der Waals surface area contributed by atoms with Crippen LogP contribution in [0, 0.1) is 21.4 Å². The van der Waals surface area contributed by atoms with Crippen LogP contribution < -0.4 is 9.47 Å². The second kappa shape index (κ2) is 5.38. The van der Waals surface area contributed by atoms with Crippen molar-refractivity contribution in [3.8, 4) is 17.7 Å². The molecule has 0 aliphatic heterocycles. The van der Waals surface area contributed by atoms with Crippen molar-refractivity contribution in [2.24, 2.45) is 0 Å². The molecule has 0 saturated heterocycles. The Balaban J connectivity index is 3.48. The lowest BCUT2D eigenvalue weighted by Gasteiger charge is -2.14. The molecule has 1 rings (SSSR count). The summed E-state index contributed by atoms with van der Waals surface area (Å²) in [6.07, 6.45) is -5.04. The summed E-state index contributed by atoms with van der Waals surface area (Å²) in [5.74, 6) is -1.57. The molecular weight excluding hydrogens is 271 g/mol. The van der Waals surface area contributed by atoms with Gasteiger partial charge in [0.15, 0.2) is 0 Å². The molecule has 0 bridgehead atoms. The lowest BCUT2D eigenvalue weighted by atomic mass is 10.1. The number of alkyl halides is 3. The lowest BCUT2D eigenvalue weighted by molar-refractivity contribution is -0.386. The van der Waals surface area contributed by atoms with Gasteiger partial charge in [-0.15, -0.1) is 13.2 Å². The quantitative estimate of drug-likeness (QED) is 0.616. The van der Waals surface area contributed by atoms with Crippen LogP contribution in [0.1, 0.15) is 5.56 Å². The summed E-state index contributed by atoms with van der Waals surface area (Å²) in [5.41, 5.74) is -1.29. The largest absolute Gasteiger partial charge is 0.573 e. The fraction of sp³-hybridized carbons (Fsp3) is 0.333. The highest BCUT2D eigenvalue weighted by Crippen LogP contribution is 2.38. The molecule has 7 nitrogen and oxygen atoms in total. The maximum Gasteiger partial charge on any atom is 0.573 e. The molecule has 0 aliphatic carbocycles. The number of rotatable bonds is 4. The molecule has 0 aromatic carbocycles. The van der Waals surface area contributed by atoms with E-state index in [-0.39, 0.29) is 0 Å². The number of nitriles is 1. The van der Waals surface area contributed by atoms with Gasteiger partial charge in [-0.25, -0.2) is 4.98 Å². The van der Waals surface area contributed by atoms with Gasteiger partial charge in [0.25, 0.3) is 11.6 Å². The third-order valence-corrected chi connectivity index (χ3v) is 1.95. The van der Waals surface area contributed by atoms with Crippen molar-refractivity contribution in [3.05, 3.63) is 21.9 Å². The Hall–Kier alpha value is -2.57. The van der Waals surface area contributed by atoms with Crippen LogP contribution >= 0.6 is 0 Å². The number of nitro groups is 1. The number of halogens is 3. The second-order valence-electron chi connectivity index (χ2n) is 3.10. The maximum absolute atomic E-state index is 12.3. The van der Waals surface area contributed by atoms with Crippen molar-refractivity contribution in [2.75, 3.05) is 7.11 Å². The van der Waals surface area contributed by atoms with Crippen LogP contribution in [0.25, 0.3) is 0 Å². The molecule has 0 saturated carbocycles. The average molecular weight is 277 g/mol. The van der Waals surface area contributed by atoms with E-state index in [1.807, 2.05) is 0 Å². The Morgan fingerprint density at radius 3 is 2.63 bits per heavy atom. The molecule has 19 heavy (non-hydrogen) atoms. The zero-order valence-electron chi connectivity index (χ0n) is 9.39. The van der Waals surface area contributed by atoms with Gasteiger partial charge in [0, 0.05) is 0 Å². The summed E-state index contributed by atoms with van der Waals surface area (Å²) in [6, 6.07) is 1.52. The van der Waals surface area contributed by atoms with Crippen molar-refractivity contribution in [1.29, 1.82) is 5.26 Å². The van der Waals surface area contributed by atoms with Crippen molar-refractivity contribution in [1.82, 2.24) is 4.98 Å². The van der Waals surface area contributed by atoms with E-state index in [4.69, 9.17) is 5.26 Å². The fourth-order valence-corrected chi connectivity index (χ4v) is 1.28. The SMILES string of the molecule is COc1ncc([N+](=O)[O-])c(CC#N)c1OC(F)(F)F. The first-order valence-electron chi connectivity index (χ1n) is 4.63. The van der Waals surface area contributed by atoms with Crippen molar-refractivity contribution in [2.45, 2.75) is 12.8 Å². The average Bonchev–Trinajstić information content (AvgIpc) is 2.29. The third-order valence-electron chi connectivity index (χ3n) is 1.95. The first kappa shape index (κ1) is 14.5. The molecule has 0 atom stereocenters. The molecule has 0 spiro atoms. The molecule has 102 valence electrons. The number of hydrogen-bond acceptors (Lipinski definition) is 6. The van der Waals surface area contributed by atoms with Gasteiger partial charge in [-0.3, -0.25) is 10.1 Å². The maximum atomic E-state index is 12.3. The van der Waals surface area contributed by atoms with Gasteiger partial charge in [0.2, 0.25) is 5.75 Å². The molecule has 1 aromatic rings. The van der Waals surface area contributed by atoms with Crippen LogP contribution in [0.2, 0.25) is 0 Å². The van der Waals surface area contributed by atoms with Crippen LogP contribution in [0.5, 0.6) is 11.6 Å². The smallest absolute Gasteiger partial charge is 0.478 e. The normalized spacial score (nSPS) is 10.7. The highest BCUT2D eigenvalue weighted by atomic mass is 19.4. The van der Waals surface area contributed by atoms with E-state index < -0.39 is 40.6 Å². The molecular formula is C9H6F3N3O4. The minimum atomic E-state index is -5.09. The van der Waals surface area contributed by atoms with E-state index in [0.29, 0.717) is 6.20 Å². The van der Waals surface area contributed by atoms with E-state index >= 15 is 0 Å². The fourth-order valence-electron chi connectivity index (χ4n) is 1.28. The third kappa shape index (κ3) is 3.44. The molecule has 0 amide bonds. The lowest BCUT2D eigenvalue weighted by Crippen LogP contribution is -2.19. The van der Waals surface area contributed by atoms with Crippen molar-refractivity contribution < 1.29 is 27.6 Å². The highest BCUT2D eigenvalue weighted by Gasteiger charge is 2.36. The van der Waals surface area contributed by atoms with Gasteiger partial charge >= 0.3 is 6.36 Å². The van der Waals surface area contributed by atoms with Gasteiger partial charge in [-0.2, -0.15) is 5.26 Å². The number of methoxy groups -OCH3 is 1. The van der Waals surface area contributed by atoms with Crippen LogP contribution in [0.4, 0.5) is 18.9 Å². The first-order valence-corrected chi connectivity index (χ1v) is 4.63. The molecule has 0 aliphatic rings. The first-order chi connectivity index (χ1) is 8.80. The van der Waals surface area contributed by atoms with Crippen molar-refractivity contribution >= 4 is 5.69 Å². The zero-order valence-corrected chi connectivity index (χ0v) is 9.39. The van der Waals surface area contributed by atoms with E-state index in [0.717, 1.165) is 7.11 Å². The molecule has 0 N–H and O–H groups in total. The Bertz CT molecular complexity index is 539. The Morgan fingerprint density at radius 1 is 1.58 bits per heavy atom. The van der Waals surface area contributed by atoms with Crippen molar-refractivity contribution in [3.63, 3.8) is 0 Å².